The first-order valence-corrected chi connectivity index (χ1v) is 9.47. The number of nitriles is 1. The Kier molecular flexibility index (Phi) is 5.44. The van der Waals surface area contributed by atoms with Crippen molar-refractivity contribution >= 4 is 29.2 Å². The maximum absolute atomic E-state index is 13.2. The highest BCUT2D eigenvalue weighted by atomic mass is 16.5. The Bertz CT molecular complexity index is 1080. The summed E-state index contributed by atoms with van der Waals surface area (Å²) in [5.74, 6) is 1.63. The lowest BCUT2D eigenvalue weighted by Crippen LogP contribution is -2.48. The molecule has 0 atom stereocenters. The van der Waals surface area contributed by atoms with E-state index in [4.69, 9.17) is 10.00 Å². The molecule has 0 saturated carbocycles. The molecule has 8 nitrogen and oxygen atoms in total. The van der Waals surface area contributed by atoms with Crippen LogP contribution in [0, 0.1) is 11.3 Å². The average Bonchev–Trinajstić information content (AvgIpc) is 2.79. The minimum Gasteiger partial charge on any atom is -0.497 e. The molecule has 0 saturated heterocycles. The molecule has 0 fully saturated rings. The summed E-state index contributed by atoms with van der Waals surface area (Å²) >= 11 is 0. The second-order valence-corrected chi connectivity index (χ2v) is 6.66. The van der Waals surface area contributed by atoms with Crippen LogP contribution in [0.1, 0.15) is 12.0 Å². The van der Waals surface area contributed by atoms with Crippen molar-refractivity contribution in [1.29, 1.82) is 5.26 Å². The number of benzene rings is 2. The van der Waals surface area contributed by atoms with E-state index in [-0.39, 0.29) is 19.0 Å². The Labute approximate surface area is 174 Å². The highest BCUT2D eigenvalue weighted by Gasteiger charge is 2.32. The molecule has 0 radical (unpaired) electrons. The number of para-hydroxylation sites is 1. The van der Waals surface area contributed by atoms with Crippen molar-refractivity contribution in [3.05, 3.63) is 66.4 Å². The second-order valence-electron chi connectivity index (χ2n) is 6.66. The Hall–Kier alpha value is -4.12. The van der Waals surface area contributed by atoms with Crippen LogP contribution in [-0.2, 0) is 6.54 Å². The molecular formula is C22H20N6O2. The second kappa shape index (κ2) is 8.49. The van der Waals surface area contributed by atoms with Crippen LogP contribution in [0.3, 0.4) is 0 Å². The number of nitrogens with one attached hydrogen (secondary N) is 1. The molecule has 1 N–H and O–H groups in total. The minimum absolute atomic E-state index is 0.201. The number of carbonyl (C=O) groups is 1. The summed E-state index contributed by atoms with van der Waals surface area (Å²) in [5.41, 5.74) is 2.39. The van der Waals surface area contributed by atoms with E-state index in [1.54, 1.807) is 30.3 Å². The molecule has 8 heteroatoms. The van der Waals surface area contributed by atoms with Gasteiger partial charge in [-0.05, 0) is 36.4 Å². The molecule has 150 valence electrons. The van der Waals surface area contributed by atoms with E-state index in [1.165, 1.54) is 4.90 Å². The van der Waals surface area contributed by atoms with Gasteiger partial charge < -0.3 is 10.1 Å². The Morgan fingerprint density at radius 2 is 1.93 bits per heavy atom. The molecule has 3 aromatic rings. The first-order valence-electron chi connectivity index (χ1n) is 9.47. The molecule has 30 heavy (non-hydrogen) atoms. The van der Waals surface area contributed by atoms with E-state index in [0.29, 0.717) is 24.1 Å². The number of amides is 2. The van der Waals surface area contributed by atoms with Crippen LogP contribution in [0.2, 0.25) is 0 Å². The van der Waals surface area contributed by atoms with Crippen molar-refractivity contribution < 1.29 is 9.53 Å². The van der Waals surface area contributed by atoms with Gasteiger partial charge in [0.15, 0.2) is 0 Å². The highest BCUT2D eigenvalue weighted by molar-refractivity contribution is 6.05. The van der Waals surface area contributed by atoms with Crippen LogP contribution in [0.4, 0.5) is 27.9 Å². The van der Waals surface area contributed by atoms with Crippen LogP contribution in [0.5, 0.6) is 5.75 Å². The zero-order valence-electron chi connectivity index (χ0n) is 16.4. The molecule has 2 heterocycles. The number of hydrogen-bond acceptors (Lipinski definition) is 6. The van der Waals surface area contributed by atoms with E-state index in [9.17, 15) is 4.79 Å². The predicted molar refractivity (Wildman–Crippen MR) is 114 cm³/mol. The number of aromatic nitrogens is 2. The monoisotopic (exact) mass is 400 g/mol. The number of methoxy groups -OCH3 is 1. The molecule has 4 rings (SSSR count). The molecule has 1 aliphatic rings. The van der Waals surface area contributed by atoms with Crippen LogP contribution in [-0.4, -0.2) is 29.7 Å². The van der Waals surface area contributed by atoms with Crippen molar-refractivity contribution in [3.8, 4) is 11.8 Å². The summed E-state index contributed by atoms with van der Waals surface area (Å²) < 4.78 is 5.20. The normalized spacial score (nSPS) is 12.9. The third-order valence-electron chi connectivity index (χ3n) is 4.75. The third kappa shape index (κ3) is 3.86. The Morgan fingerprint density at radius 3 is 2.63 bits per heavy atom. The summed E-state index contributed by atoms with van der Waals surface area (Å²) in [4.78, 5) is 25.4. The topological polar surface area (TPSA) is 94.4 Å². The number of nitrogens with zero attached hydrogens (tertiary/aromatic N) is 5. The summed E-state index contributed by atoms with van der Waals surface area (Å²) in [5, 5.41) is 12.2. The van der Waals surface area contributed by atoms with E-state index in [0.717, 1.165) is 16.9 Å². The summed E-state index contributed by atoms with van der Waals surface area (Å²) in [6.07, 6.45) is 1.92. The van der Waals surface area contributed by atoms with Gasteiger partial charge in [-0.2, -0.15) is 10.2 Å². The summed E-state index contributed by atoms with van der Waals surface area (Å²) in [7, 11) is 1.60. The van der Waals surface area contributed by atoms with E-state index in [1.807, 2.05) is 42.5 Å². The van der Waals surface area contributed by atoms with Crippen LogP contribution in [0.15, 0.2) is 60.8 Å². The van der Waals surface area contributed by atoms with Gasteiger partial charge in [-0.1, -0.05) is 18.2 Å². The van der Waals surface area contributed by atoms with Gasteiger partial charge in [0.05, 0.1) is 26.1 Å². The zero-order valence-corrected chi connectivity index (χ0v) is 16.4. The van der Waals surface area contributed by atoms with Gasteiger partial charge in [0.1, 0.15) is 11.6 Å². The molecule has 1 aliphatic heterocycles. The standard InChI is InChI=1S/C22H20N6O2/c1-30-19-10-8-18(9-11-19)28-15-16-14-24-21(25-17-6-3-2-4-7-17)26-20(16)27(22(28)29)13-5-12-23/h2-4,6-11,14H,5,13,15H2,1H3,(H,24,25,26). The first-order chi connectivity index (χ1) is 14.7. The van der Waals surface area contributed by atoms with E-state index >= 15 is 0 Å². The lowest BCUT2D eigenvalue weighted by Gasteiger charge is -2.35. The average molecular weight is 400 g/mol. The number of fused-ring (bicyclic) bond motifs is 1. The maximum Gasteiger partial charge on any atom is 0.330 e. The third-order valence-corrected chi connectivity index (χ3v) is 4.75. The Morgan fingerprint density at radius 1 is 1.17 bits per heavy atom. The van der Waals surface area contributed by atoms with Crippen molar-refractivity contribution in [3.63, 3.8) is 0 Å². The fourth-order valence-corrected chi connectivity index (χ4v) is 3.26. The molecule has 0 spiro atoms. The number of ether oxygens (including phenoxy) is 1. The molecular weight excluding hydrogens is 380 g/mol. The van der Waals surface area contributed by atoms with Crippen LogP contribution in [0.25, 0.3) is 0 Å². The van der Waals surface area contributed by atoms with Crippen molar-refractivity contribution in [2.75, 3.05) is 28.8 Å². The smallest absolute Gasteiger partial charge is 0.330 e. The van der Waals surface area contributed by atoms with Crippen molar-refractivity contribution in [1.82, 2.24) is 9.97 Å². The van der Waals surface area contributed by atoms with Gasteiger partial charge in [-0.15, -0.1) is 0 Å². The molecule has 0 unspecified atom stereocenters. The van der Waals surface area contributed by atoms with Crippen molar-refractivity contribution in [2.24, 2.45) is 0 Å². The van der Waals surface area contributed by atoms with Gasteiger partial charge in [-0.3, -0.25) is 9.80 Å². The lowest BCUT2D eigenvalue weighted by atomic mass is 10.2. The van der Waals surface area contributed by atoms with Gasteiger partial charge in [0.25, 0.3) is 0 Å². The quantitative estimate of drug-likeness (QED) is 0.670. The van der Waals surface area contributed by atoms with Crippen molar-refractivity contribution in [2.45, 2.75) is 13.0 Å². The molecule has 0 aliphatic carbocycles. The number of rotatable bonds is 6. The summed E-state index contributed by atoms with van der Waals surface area (Å²) in [6, 6.07) is 18.7. The van der Waals surface area contributed by atoms with E-state index < -0.39 is 0 Å². The number of urea groups is 1. The highest BCUT2D eigenvalue weighted by Crippen LogP contribution is 2.32. The number of carbonyl (C=O) groups excluding carboxylic acids is 1. The maximum atomic E-state index is 13.2. The van der Waals surface area contributed by atoms with Crippen LogP contribution >= 0.6 is 0 Å². The minimum atomic E-state index is -0.229. The van der Waals surface area contributed by atoms with E-state index in [2.05, 4.69) is 21.4 Å². The molecule has 1 aromatic heterocycles. The zero-order chi connectivity index (χ0) is 20.9. The van der Waals surface area contributed by atoms with Gasteiger partial charge in [-0.25, -0.2) is 9.78 Å². The molecule has 0 bridgehead atoms. The van der Waals surface area contributed by atoms with Gasteiger partial charge in [0.2, 0.25) is 5.95 Å². The van der Waals surface area contributed by atoms with Crippen LogP contribution < -0.4 is 19.9 Å². The summed E-state index contributed by atoms with van der Waals surface area (Å²) in [6.45, 7) is 0.589. The fraction of sp³-hybridized carbons (Fsp3) is 0.182. The fourth-order valence-electron chi connectivity index (χ4n) is 3.26. The Balaban J connectivity index is 1.67. The lowest BCUT2D eigenvalue weighted by molar-refractivity contribution is 0.250. The predicted octanol–water partition coefficient (Wildman–Crippen LogP) is 4.09. The van der Waals surface area contributed by atoms with Gasteiger partial charge in [0, 0.05) is 29.7 Å². The SMILES string of the molecule is COc1ccc(N2Cc3cnc(Nc4ccccc4)nc3N(CCC#N)C2=O)cc1. The number of anilines is 4. The molecule has 2 aromatic carbocycles. The van der Waals surface area contributed by atoms with Gasteiger partial charge >= 0.3 is 6.03 Å². The molecule has 2 amide bonds. The largest absolute Gasteiger partial charge is 0.497 e. The number of hydrogen-bond donors (Lipinski definition) is 1. The first kappa shape index (κ1) is 19.2.